The third-order valence-electron chi connectivity index (χ3n) is 6.24. The summed E-state index contributed by atoms with van der Waals surface area (Å²) in [5.41, 5.74) is 13.3. The molecular weight excluding hydrogens is 528 g/mol. The molecule has 204 valence electrons. The Labute approximate surface area is 223 Å². The van der Waals surface area contributed by atoms with Gasteiger partial charge >= 0.3 is 5.97 Å². The maximum Gasteiger partial charge on any atom is 0.323 e. The van der Waals surface area contributed by atoms with Crippen LogP contribution in [-0.4, -0.2) is 70.0 Å². The van der Waals surface area contributed by atoms with E-state index in [1.54, 1.807) is 18.2 Å². The third kappa shape index (κ3) is 5.60. The number of imidazole rings is 1. The first-order valence-electron chi connectivity index (χ1n) is 12.0. The van der Waals surface area contributed by atoms with Crippen LogP contribution < -0.4 is 11.5 Å². The molecule has 14 heteroatoms. The summed E-state index contributed by atoms with van der Waals surface area (Å²) in [7, 11) is -4.17. The van der Waals surface area contributed by atoms with Crippen molar-refractivity contribution in [1.29, 1.82) is 0 Å². The van der Waals surface area contributed by atoms with Gasteiger partial charge in [0.25, 0.3) is 10.1 Å². The summed E-state index contributed by atoms with van der Waals surface area (Å²) in [6.07, 6.45) is -2.38. The molecule has 5 atom stereocenters. The van der Waals surface area contributed by atoms with Crippen LogP contribution in [0.5, 0.6) is 0 Å². The molecule has 2 aromatic carbocycles. The number of fused-ring (bicyclic) bond motifs is 1. The predicted octanol–water partition coefficient (Wildman–Crippen LogP) is 0.554. The zero-order chi connectivity index (χ0) is 27.6. The zero-order valence-corrected chi connectivity index (χ0v) is 21.3. The number of nitrogens with two attached hydrogens (primary N) is 2. The second kappa shape index (κ2) is 11.0. The van der Waals surface area contributed by atoms with Crippen molar-refractivity contribution in [3.8, 4) is 0 Å². The van der Waals surface area contributed by atoms with Gasteiger partial charge in [0.15, 0.2) is 23.8 Å². The Hall–Kier alpha value is -3.95. The zero-order valence-electron chi connectivity index (χ0n) is 20.5. The number of benzene rings is 2. The van der Waals surface area contributed by atoms with Crippen molar-refractivity contribution in [3.63, 3.8) is 0 Å². The van der Waals surface area contributed by atoms with Crippen LogP contribution in [-0.2, 0) is 35.0 Å². The number of rotatable bonds is 9. The largest absolute Gasteiger partial charge is 0.455 e. The Morgan fingerprint density at radius 2 is 1.77 bits per heavy atom. The molecule has 3 heterocycles. The number of nitrogen functional groups attached to an aromatic ring is 1. The number of carbonyl (C=O) groups is 1. The highest BCUT2D eigenvalue weighted by atomic mass is 32.2. The van der Waals surface area contributed by atoms with Crippen LogP contribution in [0.15, 0.2) is 78.2 Å². The minimum atomic E-state index is -4.17. The molecule has 4 aromatic rings. The fraction of sp³-hybridized carbons (Fsp3) is 0.280. The second-order valence-electron chi connectivity index (χ2n) is 8.89. The first-order valence-corrected chi connectivity index (χ1v) is 13.4. The van der Waals surface area contributed by atoms with Crippen LogP contribution in [0.1, 0.15) is 11.8 Å². The van der Waals surface area contributed by atoms with Crippen molar-refractivity contribution < 1.29 is 32.0 Å². The molecule has 0 saturated carbocycles. The molecule has 1 saturated heterocycles. The number of esters is 1. The van der Waals surface area contributed by atoms with E-state index in [1.807, 2.05) is 30.3 Å². The summed E-state index contributed by atoms with van der Waals surface area (Å²) in [5, 5.41) is 11.2. The van der Waals surface area contributed by atoms with Crippen LogP contribution in [0.25, 0.3) is 11.2 Å². The molecule has 1 aliphatic heterocycles. The summed E-state index contributed by atoms with van der Waals surface area (Å²) in [6, 6.07) is 15.6. The van der Waals surface area contributed by atoms with E-state index in [0.717, 1.165) is 5.56 Å². The van der Waals surface area contributed by atoms with E-state index in [2.05, 4.69) is 15.0 Å². The molecular formula is C25H26N6O7S. The lowest BCUT2D eigenvalue weighted by Gasteiger charge is -2.22. The molecule has 39 heavy (non-hydrogen) atoms. The van der Waals surface area contributed by atoms with E-state index in [-0.39, 0.29) is 28.3 Å². The summed E-state index contributed by atoms with van der Waals surface area (Å²) < 4.78 is 43.6. The van der Waals surface area contributed by atoms with Crippen molar-refractivity contribution in [1.82, 2.24) is 19.5 Å². The van der Waals surface area contributed by atoms with Crippen molar-refractivity contribution in [2.24, 2.45) is 5.73 Å². The average molecular weight is 555 g/mol. The number of hydrogen-bond donors (Lipinski definition) is 3. The molecule has 1 aliphatic rings. The van der Waals surface area contributed by atoms with Crippen molar-refractivity contribution in [3.05, 3.63) is 78.9 Å². The van der Waals surface area contributed by atoms with Crippen LogP contribution in [0, 0.1) is 0 Å². The van der Waals surface area contributed by atoms with Gasteiger partial charge < -0.3 is 26.0 Å². The Morgan fingerprint density at radius 3 is 2.49 bits per heavy atom. The smallest absolute Gasteiger partial charge is 0.323 e. The molecule has 0 spiro atoms. The van der Waals surface area contributed by atoms with Gasteiger partial charge in [-0.15, -0.1) is 0 Å². The van der Waals surface area contributed by atoms with Crippen LogP contribution in [0.3, 0.4) is 0 Å². The lowest BCUT2D eigenvalue weighted by molar-refractivity contribution is -0.157. The molecule has 2 aromatic heterocycles. The topological polar surface area (TPSA) is 195 Å². The van der Waals surface area contributed by atoms with E-state index in [4.69, 9.17) is 25.1 Å². The molecule has 0 amide bonds. The van der Waals surface area contributed by atoms with Crippen LogP contribution in [0.2, 0.25) is 0 Å². The molecule has 1 fully saturated rings. The summed E-state index contributed by atoms with van der Waals surface area (Å²) in [4.78, 5) is 25.1. The second-order valence-corrected chi connectivity index (χ2v) is 10.5. The average Bonchev–Trinajstić information content (AvgIpc) is 3.50. The third-order valence-corrected chi connectivity index (χ3v) is 7.54. The Balaban J connectivity index is 1.39. The molecule has 13 nitrogen and oxygen atoms in total. The number of carbonyl (C=O) groups excluding carboxylic acids is 1. The number of aliphatic hydroxyl groups is 1. The summed E-state index contributed by atoms with van der Waals surface area (Å²) in [5.74, 6) is -0.680. The number of hydrogen-bond acceptors (Lipinski definition) is 12. The van der Waals surface area contributed by atoms with Gasteiger partial charge in [0, 0.05) is 0 Å². The van der Waals surface area contributed by atoms with Gasteiger partial charge in [-0.1, -0.05) is 48.5 Å². The van der Waals surface area contributed by atoms with Crippen molar-refractivity contribution >= 4 is 33.1 Å². The molecule has 0 radical (unpaired) electrons. The Bertz CT molecular complexity index is 1550. The quantitative estimate of drug-likeness (QED) is 0.192. The summed E-state index contributed by atoms with van der Waals surface area (Å²) >= 11 is 0. The standard InChI is InChI=1S/C25H26N6O7S/c26-17(11-15-7-3-1-4-8-15)25(33)38-21-18(12-36-39(34,35)16-9-5-2-6-10-16)37-24(20(21)32)31-14-30-19-22(27)28-13-29-23(19)31/h1-10,13-14,17-18,20-21,24,32H,11-12,26H2,(H2,27,28,29)/t17?,18-,20-,21-,24-/m1/s1. The van der Waals surface area contributed by atoms with Gasteiger partial charge in [-0.25, -0.2) is 15.0 Å². The molecule has 0 aliphatic carbocycles. The first kappa shape index (κ1) is 26.6. The Morgan fingerprint density at radius 1 is 1.08 bits per heavy atom. The fourth-order valence-electron chi connectivity index (χ4n) is 4.27. The number of ether oxygens (including phenoxy) is 2. The number of nitrogens with zero attached hydrogens (tertiary/aromatic N) is 4. The SMILES string of the molecule is Nc1ncnc2c1ncn2[C@@H]1O[C@H](COS(=O)(=O)c2ccccc2)[C@@H](OC(=O)C(N)Cc2ccccc2)[C@H]1O. The van der Waals surface area contributed by atoms with Gasteiger partial charge in [-0.05, 0) is 24.1 Å². The normalized spacial score (nSPS) is 22.1. The minimum Gasteiger partial charge on any atom is -0.455 e. The fourth-order valence-corrected chi connectivity index (χ4v) is 5.21. The van der Waals surface area contributed by atoms with E-state index in [0.29, 0.717) is 0 Å². The maximum absolute atomic E-state index is 12.9. The Kier molecular flexibility index (Phi) is 7.54. The van der Waals surface area contributed by atoms with Gasteiger partial charge in [0.1, 0.15) is 30.1 Å². The highest BCUT2D eigenvalue weighted by Gasteiger charge is 2.48. The van der Waals surface area contributed by atoms with E-state index < -0.39 is 53.3 Å². The minimum absolute atomic E-state index is 0.0636. The molecule has 5 rings (SSSR count). The predicted molar refractivity (Wildman–Crippen MR) is 137 cm³/mol. The monoisotopic (exact) mass is 554 g/mol. The highest BCUT2D eigenvalue weighted by molar-refractivity contribution is 7.86. The van der Waals surface area contributed by atoms with E-state index in [1.165, 1.54) is 29.4 Å². The van der Waals surface area contributed by atoms with Gasteiger partial charge in [-0.2, -0.15) is 8.42 Å². The highest BCUT2D eigenvalue weighted by Crippen LogP contribution is 2.34. The lowest BCUT2D eigenvalue weighted by atomic mass is 10.1. The summed E-state index contributed by atoms with van der Waals surface area (Å²) in [6.45, 7) is -0.555. The number of anilines is 1. The van der Waals surface area contributed by atoms with Crippen LogP contribution in [0.4, 0.5) is 5.82 Å². The number of aromatic nitrogens is 4. The van der Waals surface area contributed by atoms with Crippen molar-refractivity contribution in [2.75, 3.05) is 12.3 Å². The number of aliphatic hydroxyl groups excluding tert-OH is 1. The van der Waals surface area contributed by atoms with Crippen molar-refractivity contribution in [2.45, 2.75) is 41.9 Å². The first-order chi connectivity index (χ1) is 18.7. The van der Waals surface area contributed by atoms with Gasteiger partial charge in [0.05, 0.1) is 17.8 Å². The van der Waals surface area contributed by atoms with E-state index >= 15 is 0 Å². The van der Waals surface area contributed by atoms with E-state index in [9.17, 15) is 18.3 Å². The van der Waals surface area contributed by atoms with Gasteiger partial charge in [-0.3, -0.25) is 13.5 Å². The molecule has 0 bridgehead atoms. The van der Waals surface area contributed by atoms with Gasteiger partial charge in [0.2, 0.25) is 0 Å². The lowest BCUT2D eigenvalue weighted by Crippen LogP contribution is -2.44. The maximum atomic E-state index is 12.9. The van der Waals surface area contributed by atoms with Crippen LogP contribution >= 0.6 is 0 Å². The molecule has 1 unspecified atom stereocenters. The molecule has 5 N–H and O–H groups in total.